The molecule has 2 atom stereocenters. The number of pyridine rings is 1. The summed E-state index contributed by atoms with van der Waals surface area (Å²) in [5, 5.41) is 8.48. The molecule has 1 aliphatic rings. The lowest BCUT2D eigenvalue weighted by molar-refractivity contribution is -0.116. The number of aromatic nitrogens is 1. The highest BCUT2D eigenvalue weighted by Crippen LogP contribution is 2.41. The molecule has 38 heavy (non-hydrogen) atoms. The summed E-state index contributed by atoms with van der Waals surface area (Å²) in [6.07, 6.45) is 2.89. The summed E-state index contributed by atoms with van der Waals surface area (Å²) in [6, 6.07) is 24.8. The van der Waals surface area contributed by atoms with E-state index in [2.05, 4.69) is 22.5 Å². The predicted molar refractivity (Wildman–Crippen MR) is 156 cm³/mol. The summed E-state index contributed by atoms with van der Waals surface area (Å²) in [5.41, 5.74) is 2.81. The monoisotopic (exact) mass is 562 g/mol. The number of carbonyl (C=O) groups excluding carboxylic acids is 1. The average Bonchev–Trinajstić information content (AvgIpc) is 3.53. The highest BCUT2D eigenvalue weighted by Gasteiger charge is 2.41. The van der Waals surface area contributed by atoms with Crippen LogP contribution in [0.25, 0.3) is 0 Å². The van der Waals surface area contributed by atoms with Crippen molar-refractivity contribution in [1.82, 2.24) is 15.2 Å². The lowest BCUT2D eigenvalue weighted by Crippen LogP contribution is -2.32. The van der Waals surface area contributed by atoms with E-state index in [9.17, 15) is 4.79 Å². The molecule has 2 aromatic carbocycles. The second-order valence-electron chi connectivity index (χ2n) is 8.84. The Balaban J connectivity index is 1.36. The first-order chi connectivity index (χ1) is 18.5. The zero-order valence-electron chi connectivity index (χ0n) is 20.8. The van der Waals surface area contributed by atoms with Gasteiger partial charge < -0.3 is 20.0 Å². The molecule has 1 saturated heterocycles. The number of benzene rings is 2. The van der Waals surface area contributed by atoms with E-state index in [-0.39, 0.29) is 24.4 Å². The molecule has 0 spiro atoms. The Hall–Kier alpha value is -3.33. The van der Waals surface area contributed by atoms with Crippen LogP contribution in [0.4, 0.5) is 5.69 Å². The molecule has 0 saturated carbocycles. The minimum atomic E-state index is -0.257. The molecule has 2 N–H and O–H groups in total. The average molecular weight is 563 g/mol. The minimum absolute atomic E-state index is 0.0628. The van der Waals surface area contributed by atoms with Gasteiger partial charge in [-0.05, 0) is 78.8 Å². The fourth-order valence-corrected chi connectivity index (χ4v) is 5.74. The fraction of sp³-hybridized carbons (Fsp3) is 0.207. The van der Waals surface area contributed by atoms with Crippen molar-refractivity contribution in [2.75, 3.05) is 11.9 Å². The van der Waals surface area contributed by atoms with E-state index in [1.165, 1.54) is 11.8 Å². The summed E-state index contributed by atoms with van der Waals surface area (Å²) in [6.45, 7) is 2.50. The molecular formula is C29H27ClN4O2S2. The molecule has 6 nitrogen and oxygen atoms in total. The van der Waals surface area contributed by atoms with E-state index >= 15 is 0 Å². The van der Waals surface area contributed by atoms with Crippen LogP contribution in [-0.4, -0.2) is 27.4 Å². The van der Waals surface area contributed by atoms with Crippen LogP contribution in [0, 0.1) is 0 Å². The maximum atomic E-state index is 12.9. The maximum Gasteiger partial charge on any atom is 0.226 e. The summed E-state index contributed by atoms with van der Waals surface area (Å²) < 4.78 is 6.33. The van der Waals surface area contributed by atoms with E-state index in [0.29, 0.717) is 16.7 Å². The van der Waals surface area contributed by atoms with Gasteiger partial charge in [0.25, 0.3) is 0 Å². The smallest absolute Gasteiger partial charge is 0.226 e. The highest BCUT2D eigenvalue weighted by atomic mass is 35.5. The fourth-order valence-electron chi connectivity index (χ4n) is 4.51. The maximum absolute atomic E-state index is 12.9. The quantitative estimate of drug-likeness (QED) is 0.212. The molecule has 0 radical (unpaired) electrons. The SMILES string of the molecule is CCc1ccccc1NC(=O)CCN1C(=S)N[C@@H](c2ccccn2)[C@@H]1c1ccc(Sc2ccc(Cl)cc2)o1. The van der Waals surface area contributed by atoms with Crippen molar-refractivity contribution in [3.05, 3.63) is 107 Å². The van der Waals surface area contributed by atoms with Crippen molar-refractivity contribution < 1.29 is 9.21 Å². The van der Waals surface area contributed by atoms with Crippen LogP contribution in [0.1, 0.15) is 42.4 Å². The van der Waals surface area contributed by atoms with Gasteiger partial charge in [-0.15, -0.1) is 0 Å². The molecule has 2 aromatic heterocycles. The first-order valence-corrected chi connectivity index (χ1v) is 14.0. The largest absolute Gasteiger partial charge is 0.452 e. The van der Waals surface area contributed by atoms with Gasteiger partial charge in [-0.25, -0.2) is 0 Å². The number of furan rings is 1. The van der Waals surface area contributed by atoms with Gasteiger partial charge in [0.05, 0.1) is 11.7 Å². The number of thiocarbonyl (C=S) groups is 1. The van der Waals surface area contributed by atoms with Crippen LogP contribution >= 0.6 is 35.6 Å². The molecule has 3 heterocycles. The Labute approximate surface area is 236 Å². The topological polar surface area (TPSA) is 70.4 Å². The summed E-state index contributed by atoms with van der Waals surface area (Å²) in [7, 11) is 0. The van der Waals surface area contributed by atoms with Crippen molar-refractivity contribution >= 4 is 52.3 Å². The number of para-hydroxylation sites is 1. The lowest BCUT2D eigenvalue weighted by atomic mass is 10.0. The number of nitrogens with one attached hydrogen (secondary N) is 2. The van der Waals surface area contributed by atoms with E-state index in [4.69, 9.17) is 28.2 Å². The van der Waals surface area contributed by atoms with E-state index in [1.807, 2.05) is 83.8 Å². The number of hydrogen-bond acceptors (Lipinski definition) is 5. The number of rotatable bonds is 9. The molecule has 0 unspecified atom stereocenters. The zero-order chi connectivity index (χ0) is 26.5. The van der Waals surface area contributed by atoms with Crippen molar-refractivity contribution in [3.8, 4) is 0 Å². The Bertz CT molecular complexity index is 1410. The number of anilines is 1. The van der Waals surface area contributed by atoms with Crippen molar-refractivity contribution in [2.24, 2.45) is 0 Å². The van der Waals surface area contributed by atoms with E-state index in [1.54, 1.807) is 6.20 Å². The van der Waals surface area contributed by atoms with Crippen molar-refractivity contribution in [3.63, 3.8) is 0 Å². The van der Waals surface area contributed by atoms with E-state index in [0.717, 1.165) is 39.1 Å². The van der Waals surface area contributed by atoms with Crippen LogP contribution in [0.3, 0.4) is 0 Å². The van der Waals surface area contributed by atoms with Crippen LogP contribution in [0.15, 0.2) is 99.5 Å². The third kappa shape index (κ3) is 6.04. The molecular weight excluding hydrogens is 536 g/mol. The molecule has 0 aliphatic carbocycles. The number of halogens is 1. The van der Waals surface area contributed by atoms with Gasteiger partial charge >= 0.3 is 0 Å². The Kier molecular flexibility index (Phi) is 8.32. The highest BCUT2D eigenvalue weighted by molar-refractivity contribution is 7.99. The zero-order valence-corrected chi connectivity index (χ0v) is 23.2. The van der Waals surface area contributed by atoms with Crippen LogP contribution in [-0.2, 0) is 11.2 Å². The molecule has 9 heteroatoms. The lowest BCUT2D eigenvalue weighted by Gasteiger charge is -2.25. The molecule has 0 bridgehead atoms. The van der Waals surface area contributed by atoms with Gasteiger partial charge in [-0.3, -0.25) is 9.78 Å². The van der Waals surface area contributed by atoms with E-state index < -0.39 is 0 Å². The molecule has 4 aromatic rings. The second-order valence-corrected chi connectivity index (χ2v) is 10.7. The number of hydrogen-bond donors (Lipinski definition) is 2. The van der Waals surface area contributed by atoms with Crippen molar-refractivity contribution in [2.45, 2.75) is 41.8 Å². The third-order valence-corrected chi connectivity index (χ3v) is 7.91. The normalized spacial score (nSPS) is 16.9. The molecule has 1 amide bonds. The number of amides is 1. The Morgan fingerprint density at radius 3 is 2.66 bits per heavy atom. The molecule has 194 valence electrons. The van der Waals surface area contributed by atoms with Gasteiger partial charge in [-0.1, -0.05) is 54.6 Å². The standard InChI is InChI=1S/C29H27ClN4O2S2/c1-2-19-7-3-4-8-22(19)32-25(35)16-18-34-28(27(33-29(34)37)23-9-5-6-17-31-23)24-14-15-26(36-24)38-21-12-10-20(30)11-13-21/h3-15,17,27-28H,2,16,18H2,1H3,(H,32,35)(H,33,37)/t27-,28-/m0/s1. The number of carbonyl (C=O) groups is 1. The molecule has 1 fully saturated rings. The van der Waals surface area contributed by atoms with Gasteiger partial charge in [0.1, 0.15) is 11.8 Å². The van der Waals surface area contributed by atoms with Crippen molar-refractivity contribution in [1.29, 1.82) is 0 Å². The number of nitrogens with zero attached hydrogens (tertiary/aromatic N) is 2. The predicted octanol–water partition coefficient (Wildman–Crippen LogP) is 7.04. The van der Waals surface area contributed by atoms with Crippen LogP contribution < -0.4 is 10.6 Å². The van der Waals surface area contributed by atoms with Gasteiger partial charge in [0.2, 0.25) is 5.91 Å². The van der Waals surface area contributed by atoms with Crippen LogP contribution in [0.2, 0.25) is 5.02 Å². The summed E-state index contributed by atoms with van der Waals surface area (Å²) >= 11 is 13.3. The Morgan fingerprint density at radius 1 is 1.11 bits per heavy atom. The third-order valence-electron chi connectivity index (χ3n) is 6.38. The second kappa shape index (κ2) is 12.0. The number of aryl methyl sites for hydroxylation is 1. The molecule has 5 rings (SSSR count). The Morgan fingerprint density at radius 2 is 1.89 bits per heavy atom. The van der Waals surface area contributed by atoms with Gasteiger partial charge in [0.15, 0.2) is 10.2 Å². The molecule has 1 aliphatic heterocycles. The van der Waals surface area contributed by atoms with Gasteiger partial charge in [-0.2, -0.15) is 0 Å². The first kappa shape index (κ1) is 26.3. The summed E-state index contributed by atoms with van der Waals surface area (Å²) in [5.74, 6) is 0.688. The minimum Gasteiger partial charge on any atom is -0.452 e. The van der Waals surface area contributed by atoms with Crippen LogP contribution in [0.5, 0.6) is 0 Å². The van der Waals surface area contributed by atoms with Gasteiger partial charge in [0, 0.05) is 34.8 Å². The summed E-state index contributed by atoms with van der Waals surface area (Å²) in [4.78, 5) is 20.5. The first-order valence-electron chi connectivity index (χ1n) is 12.4.